The molecule has 124 valence electrons. The Morgan fingerprint density at radius 2 is 1.88 bits per heavy atom. The first-order chi connectivity index (χ1) is 11.6. The van der Waals surface area contributed by atoms with Crippen molar-refractivity contribution in [1.82, 2.24) is 10.7 Å². The molecule has 0 radical (unpaired) electrons. The molecule has 0 heterocycles. The van der Waals surface area contributed by atoms with Crippen LogP contribution in [-0.4, -0.2) is 29.7 Å². The predicted molar refractivity (Wildman–Crippen MR) is 92.0 cm³/mol. The summed E-state index contributed by atoms with van der Waals surface area (Å²) >= 11 is 5.75. The minimum Gasteiger partial charge on any atom is -0.506 e. The van der Waals surface area contributed by atoms with Crippen LogP contribution in [0.1, 0.15) is 11.1 Å². The van der Waals surface area contributed by atoms with Crippen LogP contribution in [-0.2, 0) is 16.0 Å². The van der Waals surface area contributed by atoms with Crippen molar-refractivity contribution >= 4 is 29.6 Å². The molecule has 0 bridgehead atoms. The number of hydrogen-bond donors (Lipinski definition) is 3. The number of nitrogens with zero attached hydrogens (tertiary/aromatic N) is 1. The van der Waals surface area contributed by atoms with E-state index in [-0.39, 0.29) is 10.8 Å². The van der Waals surface area contributed by atoms with Gasteiger partial charge in [0.15, 0.2) is 0 Å². The molecule has 3 N–H and O–H groups in total. The molecule has 0 fully saturated rings. The quantitative estimate of drug-likeness (QED) is 0.439. The highest BCUT2D eigenvalue weighted by Gasteiger charge is 2.11. The standard InChI is InChI=1S/C17H16ClN3O3/c18-14-10-13(6-7-15(14)22)11-20-21-17(24)16(23)19-9-8-12-4-2-1-3-5-12/h1-7,10-11,22H,8-9H2,(H,19,23)(H,21,24)/b20-11-. The van der Waals surface area contributed by atoms with Crippen LogP contribution in [0.3, 0.4) is 0 Å². The number of rotatable bonds is 5. The Morgan fingerprint density at radius 1 is 1.12 bits per heavy atom. The van der Waals surface area contributed by atoms with Gasteiger partial charge in [0.25, 0.3) is 0 Å². The summed E-state index contributed by atoms with van der Waals surface area (Å²) in [4.78, 5) is 23.2. The first-order valence-electron chi connectivity index (χ1n) is 7.20. The lowest BCUT2D eigenvalue weighted by molar-refractivity contribution is -0.139. The molecule has 0 aliphatic carbocycles. The van der Waals surface area contributed by atoms with E-state index in [4.69, 9.17) is 11.6 Å². The molecule has 2 aromatic carbocycles. The third-order valence-electron chi connectivity index (χ3n) is 3.10. The molecular weight excluding hydrogens is 330 g/mol. The van der Waals surface area contributed by atoms with Gasteiger partial charge in [0, 0.05) is 6.54 Å². The molecule has 0 saturated heterocycles. The van der Waals surface area contributed by atoms with Gasteiger partial charge in [0.1, 0.15) is 5.75 Å². The van der Waals surface area contributed by atoms with E-state index in [1.807, 2.05) is 30.3 Å². The van der Waals surface area contributed by atoms with Crippen LogP contribution in [0.2, 0.25) is 5.02 Å². The van der Waals surface area contributed by atoms with Crippen molar-refractivity contribution in [1.29, 1.82) is 0 Å². The molecule has 0 aromatic heterocycles. The first-order valence-corrected chi connectivity index (χ1v) is 7.58. The topological polar surface area (TPSA) is 90.8 Å². The molecule has 0 unspecified atom stereocenters. The van der Waals surface area contributed by atoms with Gasteiger partial charge in [-0.25, -0.2) is 5.43 Å². The molecule has 0 saturated carbocycles. The Bertz CT molecular complexity index is 748. The zero-order valence-corrected chi connectivity index (χ0v) is 13.5. The van der Waals surface area contributed by atoms with E-state index in [1.54, 1.807) is 6.07 Å². The van der Waals surface area contributed by atoms with E-state index < -0.39 is 11.8 Å². The average Bonchev–Trinajstić information content (AvgIpc) is 2.59. The molecule has 2 rings (SSSR count). The maximum Gasteiger partial charge on any atom is 0.329 e. The summed E-state index contributed by atoms with van der Waals surface area (Å²) in [5, 5.41) is 15.7. The van der Waals surface area contributed by atoms with Crippen molar-refractivity contribution in [3.05, 3.63) is 64.7 Å². The van der Waals surface area contributed by atoms with Gasteiger partial charge in [0.05, 0.1) is 11.2 Å². The van der Waals surface area contributed by atoms with E-state index in [0.717, 1.165) is 5.56 Å². The lowest BCUT2D eigenvalue weighted by Crippen LogP contribution is -2.38. The van der Waals surface area contributed by atoms with Gasteiger partial charge >= 0.3 is 11.8 Å². The van der Waals surface area contributed by atoms with Crippen molar-refractivity contribution in [2.75, 3.05) is 6.54 Å². The van der Waals surface area contributed by atoms with E-state index >= 15 is 0 Å². The van der Waals surface area contributed by atoms with Crippen LogP contribution in [0.15, 0.2) is 53.6 Å². The largest absolute Gasteiger partial charge is 0.506 e. The number of phenolic OH excluding ortho intramolecular Hbond substituents is 1. The SMILES string of the molecule is O=C(NCCc1ccccc1)C(=O)N/N=C\c1ccc(O)c(Cl)c1. The van der Waals surface area contributed by atoms with E-state index in [9.17, 15) is 14.7 Å². The maximum absolute atomic E-state index is 11.6. The summed E-state index contributed by atoms with van der Waals surface area (Å²) in [6.45, 7) is 0.355. The van der Waals surface area contributed by atoms with E-state index in [1.165, 1.54) is 18.3 Å². The fourth-order valence-electron chi connectivity index (χ4n) is 1.86. The Morgan fingerprint density at radius 3 is 2.58 bits per heavy atom. The van der Waals surface area contributed by atoms with Crippen molar-refractivity contribution in [3.8, 4) is 5.75 Å². The number of amides is 2. The molecule has 7 heteroatoms. The summed E-state index contributed by atoms with van der Waals surface area (Å²) in [7, 11) is 0. The minimum absolute atomic E-state index is 0.0457. The first kappa shape index (κ1) is 17.5. The Labute approximate surface area is 144 Å². The Hall–Kier alpha value is -2.86. The number of hydrazone groups is 1. The Kier molecular flexibility index (Phi) is 6.33. The second-order valence-electron chi connectivity index (χ2n) is 4.90. The summed E-state index contributed by atoms with van der Waals surface area (Å²) in [6.07, 6.45) is 1.95. The highest BCUT2D eigenvalue weighted by Crippen LogP contribution is 2.22. The number of carbonyl (C=O) groups excluding carboxylic acids is 2. The number of halogens is 1. The normalized spacial score (nSPS) is 10.5. The van der Waals surface area contributed by atoms with Gasteiger partial charge in [-0.15, -0.1) is 0 Å². The number of carbonyl (C=O) groups is 2. The average molecular weight is 346 g/mol. The van der Waals surface area contributed by atoms with Gasteiger partial charge in [-0.2, -0.15) is 5.10 Å². The number of hydrogen-bond acceptors (Lipinski definition) is 4. The molecular formula is C17H16ClN3O3. The maximum atomic E-state index is 11.6. The molecule has 6 nitrogen and oxygen atoms in total. The monoisotopic (exact) mass is 345 g/mol. The number of nitrogens with one attached hydrogen (secondary N) is 2. The fraction of sp³-hybridized carbons (Fsp3) is 0.118. The predicted octanol–water partition coefficient (Wildman–Crippen LogP) is 1.85. The lowest BCUT2D eigenvalue weighted by Gasteiger charge is -2.04. The summed E-state index contributed by atoms with van der Waals surface area (Å²) in [5.74, 6) is -1.66. The molecule has 0 aliphatic rings. The van der Waals surface area contributed by atoms with Gasteiger partial charge in [-0.1, -0.05) is 41.9 Å². The van der Waals surface area contributed by atoms with Crippen LogP contribution in [0.5, 0.6) is 5.75 Å². The van der Waals surface area contributed by atoms with Crippen LogP contribution in [0.4, 0.5) is 0 Å². The van der Waals surface area contributed by atoms with Gasteiger partial charge in [0.2, 0.25) is 0 Å². The van der Waals surface area contributed by atoms with Crippen LogP contribution >= 0.6 is 11.6 Å². The van der Waals surface area contributed by atoms with Crippen LogP contribution in [0, 0.1) is 0 Å². The number of benzene rings is 2. The molecule has 0 atom stereocenters. The minimum atomic E-state index is -0.857. The van der Waals surface area contributed by atoms with Gasteiger partial charge in [-0.3, -0.25) is 9.59 Å². The smallest absolute Gasteiger partial charge is 0.329 e. The molecule has 0 spiro atoms. The van der Waals surface area contributed by atoms with Gasteiger partial charge in [-0.05, 0) is 35.7 Å². The van der Waals surface area contributed by atoms with E-state index in [0.29, 0.717) is 18.5 Å². The number of phenols is 1. The number of aromatic hydroxyl groups is 1. The molecule has 24 heavy (non-hydrogen) atoms. The fourth-order valence-corrected chi connectivity index (χ4v) is 2.05. The van der Waals surface area contributed by atoms with Crippen molar-refractivity contribution in [3.63, 3.8) is 0 Å². The molecule has 2 aromatic rings. The van der Waals surface area contributed by atoms with Crippen molar-refractivity contribution < 1.29 is 14.7 Å². The second kappa shape index (κ2) is 8.69. The summed E-state index contributed by atoms with van der Waals surface area (Å²) in [6, 6.07) is 14.1. The zero-order chi connectivity index (χ0) is 17.4. The highest BCUT2D eigenvalue weighted by atomic mass is 35.5. The van der Waals surface area contributed by atoms with Crippen molar-refractivity contribution in [2.45, 2.75) is 6.42 Å². The molecule has 0 aliphatic heterocycles. The highest BCUT2D eigenvalue weighted by molar-refractivity contribution is 6.35. The third-order valence-corrected chi connectivity index (χ3v) is 3.40. The second-order valence-corrected chi connectivity index (χ2v) is 5.31. The van der Waals surface area contributed by atoms with Crippen molar-refractivity contribution in [2.24, 2.45) is 5.10 Å². The molecule has 2 amide bonds. The van der Waals surface area contributed by atoms with E-state index in [2.05, 4.69) is 15.8 Å². The van der Waals surface area contributed by atoms with Crippen LogP contribution in [0.25, 0.3) is 0 Å². The zero-order valence-electron chi connectivity index (χ0n) is 12.7. The van der Waals surface area contributed by atoms with Crippen LogP contribution < -0.4 is 10.7 Å². The summed E-state index contributed by atoms with van der Waals surface area (Å²) < 4.78 is 0. The summed E-state index contributed by atoms with van der Waals surface area (Å²) in [5.41, 5.74) is 3.77. The Balaban J connectivity index is 1.76. The third kappa shape index (κ3) is 5.40. The van der Waals surface area contributed by atoms with Gasteiger partial charge < -0.3 is 10.4 Å². The lowest BCUT2D eigenvalue weighted by atomic mass is 10.1.